The number of methoxy groups -OCH3 is 1. The van der Waals surface area contributed by atoms with Gasteiger partial charge in [0, 0.05) is 35.6 Å². The number of phenols is 4. The first-order valence-corrected chi connectivity index (χ1v) is 17.1. The summed E-state index contributed by atoms with van der Waals surface area (Å²) in [6.45, 7) is -0.659. The summed E-state index contributed by atoms with van der Waals surface area (Å²) in [5, 5.41) is 72.3. The quantitative estimate of drug-likeness (QED) is 0.107. The molecule has 0 bridgehead atoms. The monoisotopic (exact) mass is 756 g/mol. The molecule has 1 aliphatic heterocycles. The fourth-order valence-corrected chi connectivity index (χ4v) is 7.32. The number of aliphatic hydroxyl groups excluding tert-OH is 3. The SMILES string of the molecule is COC(=O)[C@H]1[C@H](C(=O)OC[C@H]2O[C@@H](Oc3cc(O)c4c(=O)cc(-c5ccc(O)cc5)oc4c3)[C@H](O)[C@@H](O)[C@@H]2O)[C@H](c2ccc(O)cc2)[C@H]1c1ccc(O)cc1. The molecule has 2 fully saturated rings. The van der Waals surface area contributed by atoms with E-state index in [2.05, 4.69) is 0 Å². The minimum Gasteiger partial charge on any atom is -0.508 e. The predicted molar refractivity (Wildman–Crippen MR) is 190 cm³/mol. The molecular formula is C40H36O15. The largest absolute Gasteiger partial charge is 0.508 e. The van der Waals surface area contributed by atoms with Crippen LogP contribution in [-0.4, -0.2) is 92.1 Å². The summed E-state index contributed by atoms with van der Waals surface area (Å²) >= 11 is 0. The Hall–Kier alpha value is -6.13. The Morgan fingerprint density at radius 2 is 1.24 bits per heavy atom. The number of aromatic hydroxyl groups is 4. The number of benzene rings is 4. The number of fused-ring (bicyclic) bond motifs is 1. The molecule has 1 aliphatic carbocycles. The molecule has 286 valence electrons. The Morgan fingerprint density at radius 3 is 1.80 bits per heavy atom. The van der Waals surface area contributed by atoms with Crippen molar-refractivity contribution in [3.8, 4) is 40.1 Å². The van der Waals surface area contributed by atoms with Crippen molar-refractivity contribution >= 4 is 22.9 Å². The first kappa shape index (κ1) is 37.2. The Labute approximate surface area is 311 Å². The maximum Gasteiger partial charge on any atom is 0.310 e. The maximum absolute atomic E-state index is 13.9. The second kappa shape index (κ2) is 14.9. The topological polar surface area (TPSA) is 243 Å². The van der Waals surface area contributed by atoms with Gasteiger partial charge in [0.1, 0.15) is 76.5 Å². The van der Waals surface area contributed by atoms with Crippen molar-refractivity contribution in [2.45, 2.75) is 42.5 Å². The van der Waals surface area contributed by atoms with Gasteiger partial charge in [0.15, 0.2) is 5.43 Å². The third-order valence-corrected chi connectivity index (χ3v) is 10.1. The highest BCUT2D eigenvalue weighted by atomic mass is 16.7. The summed E-state index contributed by atoms with van der Waals surface area (Å²) in [4.78, 5) is 39.9. The van der Waals surface area contributed by atoms with Gasteiger partial charge in [0.2, 0.25) is 6.29 Å². The van der Waals surface area contributed by atoms with E-state index in [0.29, 0.717) is 16.7 Å². The van der Waals surface area contributed by atoms with E-state index >= 15 is 0 Å². The molecule has 9 atom stereocenters. The fraction of sp³-hybridized carbons (Fsp3) is 0.275. The van der Waals surface area contributed by atoms with Crippen LogP contribution < -0.4 is 10.2 Å². The number of hydrogen-bond donors (Lipinski definition) is 7. The molecule has 15 nitrogen and oxygen atoms in total. The smallest absolute Gasteiger partial charge is 0.310 e. The third-order valence-electron chi connectivity index (χ3n) is 10.1. The maximum atomic E-state index is 13.9. The van der Waals surface area contributed by atoms with Crippen molar-refractivity contribution in [1.29, 1.82) is 0 Å². The van der Waals surface area contributed by atoms with Crippen LogP contribution >= 0.6 is 0 Å². The molecule has 0 unspecified atom stereocenters. The van der Waals surface area contributed by atoms with Gasteiger partial charge in [-0.05, 0) is 59.7 Å². The second-order valence-corrected chi connectivity index (χ2v) is 13.4. The number of carbonyl (C=O) groups excluding carboxylic acids is 2. The lowest BCUT2D eigenvalue weighted by Crippen LogP contribution is -2.60. The minimum atomic E-state index is -1.86. The van der Waals surface area contributed by atoms with Gasteiger partial charge in [-0.25, -0.2) is 0 Å². The van der Waals surface area contributed by atoms with Crippen LogP contribution in [0.25, 0.3) is 22.3 Å². The van der Waals surface area contributed by atoms with Gasteiger partial charge in [-0.3, -0.25) is 14.4 Å². The molecule has 55 heavy (non-hydrogen) atoms. The minimum absolute atomic E-state index is 0.000713. The third kappa shape index (κ3) is 7.13. The number of rotatable bonds is 9. The van der Waals surface area contributed by atoms with Crippen LogP contribution in [0.5, 0.6) is 28.7 Å². The van der Waals surface area contributed by atoms with Gasteiger partial charge in [-0.2, -0.15) is 0 Å². The van der Waals surface area contributed by atoms with E-state index in [4.69, 9.17) is 23.4 Å². The molecule has 1 aromatic heterocycles. The molecule has 5 aromatic rings. The molecule has 0 amide bonds. The number of ether oxygens (including phenoxy) is 4. The Bertz CT molecular complexity index is 2250. The molecular weight excluding hydrogens is 720 g/mol. The van der Waals surface area contributed by atoms with E-state index in [1.165, 1.54) is 67.8 Å². The molecule has 2 aliphatic rings. The van der Waals surface area contributed by atoms with Crippen molar-refractivity contribution < 1.29 is 68.7 Å². The van der Waals surface area contributed by atoms with E-state index in [1.807, 2.05) is 0 Å². The average molecular weight is 757 g/mol. The molecule has 2 heterocycles. The lowest BCUT2D eigenvalue weighted by Gasteiger charge is -2.49. The van der Waals surface area contributed by atoms with E-state index in [1.54, 1.807) is 24.3 Å². The van der Waals surface area contributed by atoms with Crippen molar-refractivity contribution in [3.63, 3.8) is 0 Å². The van der Waals surface area contributed by atoms with E-state index < -0.39 is 84.1 Å². The number of phenolic OH excluding ortho intramolecular Hbond substituents is 4. The van der Waals surface area contributed by atoms with Crippen molar-refractivity contribution in [2.24, 2.45) is 11.8 Å². The fourth-order valence-electron chi connectivity index (χ4n) is 7.32. The van der Waals surface area contributed by atoms with Gasteiger partial charge in [0.05, 0.1) is 18.9 Å². The molecule has 15 heteroatoms. The van der Waals surface area contributed by atoms with Crippen LogP contribution in [0.1, 0.15) is 23.0 Å². The van der Waals surface area contributed by atoms with Crippen molar-refractivity contribution in [1.82, 2.24) is 0 Å². The summed E-state index contributed by atoms with van der Waals surface area (Å²) in [5.41, 5.74) is 1.01. The zero-order chi connectivity index (χ0) is 39.1. The summed E-state index contributed by atoms with van der Waals surface area (Å²) < 4.78 is 28.1. The van der Waals surface area contributed by atoms with Crippen LogP contribution in [0, 0.1) is 11.8 Å². The summed E-state index contributed by atoms with van der Waals surface area (Å²) in [7, 11) is 1.18. The van der Waals surface area contributed by atoms with E-state index in [9.17, 15) is 50.1 Å². The Balaban J connectivity index is 1.11. The number of esters is 2. The van der Waals surface area contributed by atoms with Crippen LogP contribution in [0.15, 0.2) is 100 Å². The summed E-state index contributed by atoms with van der Waals surface area (Å²) in [6, 6.07) is 21.6. The zero-order valence-corrected chi connectivity index (χ0v) is 29.0. The predicted octanol–water partition coefficient (Wildman–Crippen LogP) is 3.00. The average Bonchev–Trinajstić information content (AvgIpc) is 3.15. The Morgan fingerprint density at radius 1 is 0.691 bits per heavy atom. The lowest BCUT2D eigenvalue weighted by molar-refractivity contribution is -0.279. The number of carbonyl (C=O) groups is 2. The molecule has 0 spiro atoms. The van der Waals surface area contributed by atoms with Gasteiger partial charge in [0.25, 0.3) is 0 Å². The Kier molecular flexibility index (Phi) is 10.1. The van der Waals surface area contributed by atoms with Gasteiger partial charge < -0.3 is 59.1 Å². The highest BCUT2D eigenvalue weighted by molar-refractivity contribution is 5.88. The summed E-state index contributed by atoms with van der Waals surface area (Å²) in [5.74, 6) is -5.54. The van der Waals surface area contributed by atoms with Crippen LogP contribution in [0.3, 0.4) is 0 Å². The molecule has 1 saturated heterocycles. The first-order valence-electron chi connectivity index (χ1n) is 17.1. The van der Waals surface area contributed by atoms with Crippen molar-refractivity contribution in [3.05, 3.63) is 112 Å². The van der Waals surface area contributed by atoms with Crippen molar-refractivity contribution in [2.75, 3.05) is 13.7 Å². The highest BCUT2D eigenvalue weighted by Gasteiger charge is 2.60. The van der Waals surface area contributed by atoms with Crippen LogP contribution in [0.2, 0.25) is 0 Å². The highest BCUT2D eigenvalue weighted by Crippen LogP contribution is 2.59. The number of aliphatic hydroxyl groups is 3. The van der Waals surface area contributed by atoms with E-state index in [0.717, 1.165) is 6.07 Å². The molecule has 7 rings (SSSR count). The van der Waals surface area contributed by atoms with E-state index in [-0.39, 0.29) is 39.7 Å². The van der Waals surface area contributed by atoms with Crippen LogP contribution in [-0.2, 0) is 23.8 Å². The van der Waals surface area contributed by atoms with Gasteiger partial charge in [-0.15, -0.1) is 0 Å². The molecule has 7 N–H and O–H groups in total. The zero-order valence-electron chi connectivity index (χ0n) is 29.0. The van der Waals surface area contributed by atoms with Crippen LogP contribution in [0.4, 0.5) is 0 Å². The number of hydrogen-bond acceptors (Lipinski definition) is 15. The molecule has 4 aromatic carbocycles. The molecule has 0 radical (unpaired) electrons. The van der Waals surface area contributed by atoms with Gasteiger partial charge >= 0.3 is 11.9 Å². The standard InChI is InChI=1S/C40H36O15/c1-51-38(49)33-30(19-4-10-22(42)11-5-19)31(20-6-12-23(43)13-7-20)34(33)39(50)52-17-29-35(46)36(47)37(48)40(55-29)53-24-14-25(44)32-26(45)16-27(54-28(32)15-24)18-2-8-21(41)9-3-18/h2-16,29-31,33-37,40-44,46-48H,17H2,1H3/t29-,30-,31-,33-,34-,35-,36+,37-,40-/m1/s1. The lowest BCUT2D eigenvalue weighted by atomic mass is 9.52. The normalized spacial score (nSPS) is 26.1. The second-order valence-electron chi connectivity index (χ2n) is 13.4. The summed E-state index contributed by atoms with van der Waals surface area (Å²) in [6.07, 6.45) is -8.62. The van der Waals surface area contributed by atoms with Gasteiger partial charge in [-0.1, -0.05) is 24.3 Å². The first-order chi connectivity index (χ1) is 26.3. The molecule has 1 saturated carbocycles.